The largest absolute Gasteiger partial charge is 0.455 e. The molecule has 1 aliphatic heterocycles. The van der Waals surface area contributed by atoms with Gasteiger partial charge in [0, 0.05) is 48.9 Å². The zero-order valence-electron chi connectivity index (χ0n) is 17.6. The molecule has 0 spiro atoms. The van der Waals surface area contributed by atoms with E-state index >= 15 is 0 Å². The lowest BCUT2D eigenvalue weighted by Crippen LogP contribution is -2.48. The van der Waals surface area contributed by atoms with Crippen molar-refractivity contribution in [2.45, 2.75) is 17.6 Å². The Kier molecular flexibility index (Phi) is 6.36. The van der Waals surface area contributed by atoms with Crippen molar-refractivity contribution in [3.05, 3.63) is 87.9 Å². The summed E-state index contributed by atoms with van der Waals surface area (Å²) in [6.07, 6.45) is 0. The van der Waals surface area contributed by atoms with Gasteiger partial charge >= 0.3 is 0 Å². The standard InChI is InChI=1S/C23H23N3O5S/c1-17-3-2-4-21(15-17)32(30)16-20-9-10-22(31-20)23(27)25-13-11-24(12-14-25)18-5-7-19(8-6-18)26(28)29/h2-10,15H,11-14,16H2,1H3/t32-/m1/s1. The topological polar surface area (TPSA) is 96.9 Å². The van der Waals surface area contributed by atoms with Gasteiger partial charge in [-0.05, 0) is 48.9 Å². The number of carbonyl (C=O) groups excluding carboxylic acids is 1. The summed E-state index contributed by atoms with van der Waals surface area (Å²) >= 11 is 0. The van der Waals surface area contributed by atoms with Crippen molar-refractivity contribution in [1.29, 1.82) is 0 Å². The van der Waals surface area contributed by atoms with Crippen LogP contribution in [0.2, 0.25) is 0 Å². The van der Waals surface area contributed by atoms with Crippen LogP contribution >= 0.6 is 0 Å². The maximum Gasteiger partial charge on any atom is 0.289 e. The molecule has 0 N–H and O–H groups in total. The number of aryl methyl sites for hydroxylation is 1. The van der Waals surface area contributed by atoms with Crippen LogP contribution in [0, 0.1) is 17.0 Å². The molecular weight excluding hydrogens is 430 g/mol. The zero-order chi connectivity index (χ0) is 22.7. The molecule has 1 aliphatic rings. The second-order valence-corrected chi connectivity index (χ2v) is 9.08. The SMILES string of the molecule is Cc1cccc([S@](=O)Cc2ccc(C(=O)N3CCN(c4ccc([N+](=O)[O-])cc4)CC3)o2)c1. The quantitative estimate of drug-likeness (QED) is 0.416. The van der Waals surface area contributed by atoms with Crippen LogP contribution in [-0.2, 0) is 16.6 Å². The van der Waals surface area contributed by atoms with Crippen LogP contribution in [0.15, 0.2) is 70.0 Å². The van der Waals surface area contributed by atoms with Gasteiger partial charge in [0.2, 0.25) is 0 Å². The van der Waals surface area contributed by atoms with E-state index in [0.29, 0.717) is 31.9 Å². The van der Waals surface area contributed by atoms with Gasteiger partial charge in [0.15, 0.2) is 5.76 Å². The number of nitrogens with zero attached hydrogens (tertiary/aromatic N) is 3. The van der Waals surface area contributed by atoms with E-state index in [1.165, 1.54) is 12.1 Å². The second kappa shape index (κ2) is 9.35. The number of piperazine rings is 1. The summed E-state index contributed by atoms with van der Waals surface area (Å²) in [6, 6.07) is 17.3. The highest BCUT2D eigenvalue weighted by Crippen LogP contribution is 2.22. The third kappa shape index (κ3) is 4.88. The number of amides is 1. The smallest absolute Gasteiger partial charge is 0.289 e. The molecule has 2 aromatic carbocycles. The summed E-state index contributed by atoms with van der Waals surface area (Å²) in [6.45, 7) is 4.22. The molecule has 2 heterocycles. The first-order valence-corrected chi connectivity index (χ1v) is 11.5. The van der Waals surface area contributed by atoms with E-state index in [0.717, 1.165) is 16.1 Å². The van der Waals surface area contributed by atoms with Crippen LogP contribution in [0.3, 0.4) is 0 Å². The van der Waals surface area contributed by atoms with Crippen molar-refractivity contribution in [3.63, 3.8) is 0 Å². The first kappa shape index (κ1) is 21.8. The fourth-order valence-corrected chi connectivity index (χ4v) is 4.78. The van der Waals surface area contributed by atoms with Crippen molar-refractivity contribution < 1.29 is 18.3 Å². The van der Waals surface area contributed by atoms with Crippen molar-refractivity contribution in [1.82, 2.24) is 4.90 Å². The predicted molar refractivity (Wildman–Crippen MR) is 121 cm³/mol. The highest BCUT2D eigenvalue weighted by Gasteiger charge is 2.25. The van der Waals surface area contributed by atoms with Gasteiger partial charge in [-0.25, -0.2) is 0 Å². The van der Waals surface area contributed by atoms with Crippen LogP contribution in [-0.4, -0.2) is 46.1 Å². The highest BCUT2D eigenvalue weighted by atomic mass is 32.2. The minimum Gasteiger partial charge on any atom is -0.455 e. The summed E-state index contributed by atoms with van der Waals surface area (Å²) in [5, 5.41) is 10.8. The second-order valence-electron chi connectivity index (χ2n) is 7.63. The van der Waals surface area contributed by atoms with Gasteiger partial charge < -0.3 is 14.2 Å². The molecule has 1 aromatic heterocycles. The summed E-state index contributed by atoms with van der Waals surface area (Å²) in [5.74, 6) is 0.772. The summed E-state index contributed by atoms with van der Waals surface area (Å²) in [4.78, 5) is 27.8. The molecule has 32 heavy (non-hydrogen) atoms. The third-order valence-electron chi connectivity index (χ3n) is 5.39. The van der Waals surface area contributed by atoms with Crippen LogP contribution in [0.1, 0.15) is 21.9 Å². The Balaban J connectivity index is 1.34. The molecule has 0 aliphatic carbocycles. The molecule has 0 saturated carbocycles. The van der Waals surface area contributed by atoms with Crippen molar-refractivity contribution in [3.8, 4) is 0 Å². The Morgan fingerprint density at radius 2 is 1.78 bits per heavy atom. The van der Waals surface area contributed by atoms with Gasteiger partial charge in [0.05, 0.1) is 21.5 Å². The van der Waals surface area contributed by atoms with E-state index in [-0.39, 0.29) is 23.1 Å². The Labute approximate surface area is 188 Å². The van der Waals surface area contributed by atoms with Crippen LogP contribution in [0.4, 0.5) is 11.4 Å². The summed E-state index contributed by atoms with van der Waals surface area (Å²) in [5.41, 5.74) is 1.99. The lowest BCUT2D eigenvalue weighted by Gasteiger charge is -2.35. The fraction of sp³-hybridized carbons (Fsp3) is 0.261. The average molecular weight is 454 g/mol. The lowest BCUT2D eigenvalue weighted by atomic mass is 10.2. The van der Waals surface area contributed by atoms with E-state index in [1.807, 2.05) is 31.2 Å². The Bertz CT molecular complexity index is 1150. The Morgan fingerprint density at radius 1 is 1.06 bits per heavy atom. The minimum atomic E-state index is -1.25. The summed E-state index contributed by atoms with van der Waals surface area (Å²) < 4.78 is 18.3. The number of nitro benzene ring substituents is 1. The molecule has 0 radical (unpaired) electrons. The number of anilines is 1. The van der Waals surface area contributed by atoms with Crippen molar-refractivity contribution in [2.24, 2.45) is 0 Å². The van der Waals surface area contributed by atoms with Gasteiger partial charge in [-0.2, -0.15) is 0 Å². The average Bonchev–Trinajstić information content (AvgIpc) is 3.27. The Hall–Kier alpha value is -3.46. The van der Waals surface area contributed by atoms with Crippen LogP contribution in [0.5, 0.6) is 0 Å². The first-order chi connectivity index (χ1) is 15.4. The van der Waals surface area contributed by atoms with Gasteiger partial charge in [-0.3, -0.25) is 19.1 Å². The molecule has 166 valence electrons. The number of hydrogen-bond donors (Lipinski definition) is 0. The van der Waals surface area contributed by atoms with Crippen LogP contribution in [0.25, 0.3) is 0 Å². The normalized spacial score (nSPS) is 14.9. The number of rotatable bonds is 6. The monoisotopic (exact) mass is 453 g/mol. The number of non-ortho nitro benzene ring substituents is 1. The lowest BCUT2D eigenvalue weighted by molar-refractivity contribution is -0.384. The molecular formula is C23H23N3O5S. The predicted octanol–water partition coefficient (Wildman–Crippen LogP) is 3.77. The van der Waals surface area contributed by atoms with Crippen LogP contribution < -0.4 is 4.90 Å². The fourth-order valence-electron chi connectivity index (χ4n) is 3.65. The van der Waals surface area contributed by atoms with E-state index in [9.17, 15) is 19.1 Å². The van der Waals surface area contributed by atoms with Crippen molar-refractivity contribution in [2.75, 3.05) is 31.1 Å². The molecule has 3 aromatic rings. The number of benzene rings is 2. The van der Waals surface area contributed by atoms with E-state index < -0.39 is 15.7 Å². The molecule has 1 atom stereocenters. The molecule has 8 nitrogen and oxygen atoms in total. The maximum atomic E-state index is 12.8. The highest BCUT2D eigenvalue weighted by molar-refractivity contribution is 7.84. The molecule has 4 rings (SSSR count). The van der Waals surface area contributed by atoms with Gasteiger partial charge in [-0.15, -0.1) is 0 Å². The number of furan rings is 1. The molecule has 9 heteroatoms. The van der Waals surface area contributed by atoms with Crippen molar-refractivity contribution >= 4 is 28.1 Å². The maximum absolute atomic E-state index is 12.8. The molecule has 1 fully saturated rings. The molecule has 0 bridgehead atoms. The summed E-state index contributed by atoms with van der Waals surface area (Å²) in [7, 11) is -1.25. The molecule has 1 saturated heterocycles. The van der Waals surface area contributed by atoms with E-state index in [4.69, 9.17) is 4.42 Å². The van der Waals surface area contributed by atoms with E-state index in [1.54, 1.807) is 29.2 Å². The number of hydrogen-bond acceptors (Lipinski definition) is 6. The number of nitro groups is 1. The number of carbonyl (C=O) groups is 1. The third-order valence-corrected chi connectivity index (χ3v) is 6.72. The van der Waals surface area contributed by atoms with Gasteiger partial charge in [-0.1, -0.05) is 12.1 Å². The Morgan fingerprint density at radius 3 is 2.44 bits per heavy atom. The molecule has 0 unspecified atom stereocenters. The zero-order valence-corrected chi connectivity index (χ0v) is 18.4. The van der Waals surface area contributed by atoms with Gasteiger partial charge in [0.1, 0.15) is 5.76 Å². The first-order valence-electron chi connectivity index (χ1n) is 10.2. The van der Waals surface area contributed by atoms with Gasteiger partial charge in [0.25, 0.3) is 11.6 Å². The molecule has 1 amide bonds. The van der Waals surface area contributed by atoms with E-state index in [2.05, 4.69) is 4.90 Å². The minimum absolute atomic E-state index is 0.0551.